The number of nitrogens with one attached hydrogen (secondary N) is 1. The van der Waals surface area contributed by atoms with Gasteiger partial charge in [0.25, 0.3) is 0 Å². The minimum absolute atomic E-state index is 0.00257. The van der Waals surface area contributed by atoms with Gasteiger partial charge in [-0.05, 0) is 12.1 Å². The lowest BCUT2D eigenvalue weighted by atomic mass is 10.2. The molecular formula is C13H15FN2O5. The number of aliphatic carboxylic acids is 1. The maximum absolute atomic E-state index is 13.2. The number of amides is 2. The molecule has 0 unspecified atom stereocenters. The van der Waals surface area contributed by atoms with E-state index in [0.29, 0.717) is 0 Å². The van der Waals surface area contributed by atoms with Crippen LogP contribution in [0.5, 0.6) is 5.75 Å². The number of carboxylic acid groups (broad SMARTS) is 1. The summed E-state index contributed by atoms with van der Waals surface area (Å²) in [4.78, 5) is 33.0. The quantitative estimate of drug-likeness (QED) is 0.626. The van der Waals surface area contributed by atoms with Gasteiger partial charge in [0.2, 0.25) is 11.8 Å². The summed E-state index contributed by atoms with van der Waals surface area (Å²) in [6.45, 7) is -0.129. The van der Waals surface area contributed by atoms with Crippen molar-refractivity contribution in [3.8, 4) is 5.75 Å². The Kier molecular flexibility index (Phi) is 6.12. The zero-order valence-electron chi connectivity index (χ0n) is 11.0. The largest absolute Gasteiger partial charge is 0.490 e. The molecule has 0 radical (unpaired) electrons. The monoisotopic (exact) mass is 298 g/mol. The third-order valence-corrected chi connectivity index (χ3v) is 2.46. The summed E-state index contributed by atoms with van der Waals surface area (Å²) in [5.74, 6) is -3.41. The summed E-state index contributed by atoms with van der Waals surface area (Å²) in [5.41, 5.74) is 4.88. The van der Waals surface area contributed by atoms with Crippen LogP contribution in [0.2, 0.25) is 0 Å². The number of carbonyl (C=O) groups excluding carboxylic acids is 2. The lowest BCUT2D eigenvalue weighted by molar-refractivity contribution is -0.143. The predicted octanol–water partition coefficient (Wildman–Crippen LogP) is 0.0394. The van der Waals surface area contributed by atoms with Gasteiger partial charge in [0.1, 0.15) is 6.04 Å². The number of halogens is 1. The smallest absolute Gasteiger partial charge is 0.326 e. The van der Waals surface area contributed by atoms with Crippen LogP contribution < -0.4 is 15.8 Å². The van der Waals surface area contributed by atoms with E-state index >= 15 is 0 Å². The summed E-state index contributed by atoms with van der Waals surface area (Å²) in [7, 11) is 0. The number of primary amides is 1. The molecule has 21 heavy (non-hydrogen) atoms. The van der Waals surface area contributed by atoms with E-state index in [1.807, 2.05) is 0 Å². The first-order valence-electron chi connectivity index (χ1n) is 6.08. The Balaban J connectivity index is 2.41. The number of carbonyl (C=O) groups is 3. The summed E-state index contributed by atoms with van der Waals surface area (Å²) >= 11 is 0. The summed E-state index contributed by atoms with van der Waals surface area (Å²) in [5, 5.41) is 10.9. The summed E-state index contributed by atoms with van der Waals surface area (Å²) < 4.78 is 18.3. The number of benzene rings is 1. The van der Waals surface area contributed by atoms with Crippen LogP contribution in [0.3, 0.4) is 0 Å². The number of ether oxygens (including phenoxy) is 1. The SMILES string of the molecule is NC(=O)C[C@H](NC(=O)CCOc1ccccc1F)C(=O)O. The molecular weight excluding hydrogens is 283 g/mol. The number of hydrogen-bond donors (Lipinski definition) is 3. The second-order valence-electron chi connectivity index (χ2n) is 4.16. The molecule has 1 aromatic rings. The van der Waals surface area contributed by atoms with Gasteiger partial charge in [-0.25, -0.2) is 9.18 Å². The van der Waals surface area contributed by atoms with Crippen LogP contribution in [0, 0.1) is 5.82 Å². The lowest BCUT2D eigenvalue weighted by Crippen LogP contribution is -2.43. The molecule has 0 aliphatic rings. The van der Waals surface area contributed by atoms with Gasteiger partial charge in [-0.3, -0.25) is 9.59 Å². The van der Waals surface area contributed by atoms with Gasteiger partial charge in [0.05, 0.1) is 19.4 Å². The summed E-state index contributed by atoms with van der Waals surface area (Å²) in [6.07, 6.45) is -0.688. The van der Waals surface area contributed by atoms with Crippen LogP contribution in [0.4, 0.5) is 4.39 Å². The van der Waals surface area contributed by atoms with Crippen molar-refractivity contribution in [3.05, 3.63) is 30.1 Å². The molecule has 0 bridgehead atoms. The van der Waals surface area contributed by atoms with Crippen molar-refractivity contribution in [2.45, 2.75) is 18.9 Å². The average molecular weight is 298 g/mol. The molecule has 0 heterocycles. The van der Waals surface area contributed by atoms with Crippen molar-refractivity contribution in [1.82, 2.24) is 5.32 Å². The minimum atomic E-state index is -1.39. The molecule has 1 rings (SSSR count). The van der Waals surface area contributed by atoms with E-state index in [9.17, 15) is 18.8 Å². The van der Waals surface area contributed by atoms with Crippen LogP contribution in [0.15, 0.2) is 24.3 Å². The molecule has 2 amide bonds. The lowest BCUT2D eigenvalue weighted by Gasteiger charge is -2.13. The van der Waals surface area contributed by atoms with Crippen molar-refractivity contribution < 1.29 is 28.6 Å². The van der Waals surface area contributed by atoms with E-state index in [2.05, 4.69) is 5.32 Å². The van der Waals surface area contributed by atoms with Gasteiger partial charge >= 0.3 is 5.97 Å². The molecule has 1 atom stereocenters. The van der Waals surface area contributed by atoms with Crippen molar-refractivity contribution in [1.29, 1.82) is 0 Å². The van der Waals surface area contributed by atoms with Gasteiger partial charge in [0.15, 0.2) is 11.6 Å². The molecule has 8 heteroatoms. The van der Waals surface area contributed by atoms with E-state index < -0.39 is 36.1 Å². The van der Waals surface area contributed by atoms with Gasteiger partial charge in [0, 0.05) is 0 Å². The van der Waals surface area contributed by atoms with Crippen molar-refractivity contribution in [2.24, 2.45) is 5.73 Å². The van der Waals surface area contributed by atoms with Crippen LogP contribution in [0.1, 0.15) is 12.8 Å². The molecule has 0 fully saturated rings. The first kappa shape index (κ1) is 16.4. The first-order valence-corrected chi connectivity index (χ1v) is 6.08. The molecule has 0 saturated carbocycles. The number of para-hydroxylation sites is 1. The van der Waals surface area contributed by atoms with Crippen LogP contribution in [-0.4, -0.2) is 35.5 Å². The molecule has 4 N–H and O–H groups in total. The zero-order valence-corrected chi connectivity index (χ0v) is 11.0. The first-order chi connectivity index (χ1) is 9.90. The number of nitrogens with two attached hydrogens (primary N) is 1. The van der Waals surface area contributed by atoms with Gasteiger partial charge in [-0.1, -0.05) is 12.1 Å². The topological polar surface area (TPSA) is 119 Å². The number of rotatable bonds is 8. The minimum Gasteiger partial charge on any atom is -0.490 e. The van der Waals surface area contributed by atoms with Crippen LogP contribution >= 0.6 is 0 Å². The predicted molar refractivity (Wildman–Crippen MR) is 69.9 cm³/mol. The van der Waals surface area contributed by atoms with E-state index in [-0.39, 0.29) is 18.8 Å². The van der Waals surface area contributed by atoms with Crippen LogP contribution in [-0.2, 0) is 14.4 Å². The second kappa shape index (κ2) is 7.83. The molecule has 1 aromatic carbocycles. The highest BCUT2D eigenvalue weighted by atomic mass is 19.1. The standard InChI is InChI=1S/C13H15FN2O5/c14-8-3-1-2-4-10(8)21-6-5-12(18)16-9(13(19)20)7-11(15)17/h1-4,9H,5-7H2,(H2,15,17)(H,16,18)(H,19,20)/t9-/m0/s1. The third-order valence-electron chi connectivity index (χ3n) is 2.46. The Morgan fingerprint density at radius 3 is 2.57 bits per heavy atom. The molecule has 0 spiro atoms. The fraction of sp³-hybridized carbons (Fsp3) is 0.308. The van der Waals surface area contributed by atoms with Gasteiger partial charge in [-0.15, -0.1) is 0 Å². The molecule has 114 valence electrons. The number of carboxylic acids is 1. The van der Waals surface area contributed by atoms with Crippen molar-refractivity contribution >= 4 is 17.8 Å². The van der Waals surface area contributed by atoms with E-state index in [1.54, 1.807) is 6.07 Å². The van der Waals surface area contributed by atoms with Crippen molar-refractivity contribution in [3.63, 3.8) is 0 Å². The molecule has 0 aromatic heterocycles. The summed E-state index contributed by atoms with van der Waals surface area (Å²) in [6, 6.07) is 4.30. The van der Waals surface area contributed by atoms with E-state index in [0.717, 1.165) is 0 Å². The Labute approximate surface area is 119 Å². The molecule has 0 saturated heterocycles. The normalized spacial score (nSPS) is 11.5. The van der Waals surface area contributed by atoms with E-state index in [4.69, 9.17) is 15.6 Å². The average Bonchev–Trinajstić information content (AvgIpc) is 2.39. The highest BCUT2D eigenvalue weighted by Crippen LogP contribution is 2.15. The highest BCUT2D eigenvalue weighted by molar-refractivity contribution is 5.88. The Hall–Kier alpha value is -2.64. The van der Waals surface area contributed by atoms with Gasteiger partial charge in [-0.2, -0.15) is 0 Å². The molecule has 0 aliphatic carbocycles. The molecule has 7 nitrogen and oxygen atoms in total. The number of hydrogen-bond acceptors (Lipinski definition) is 4. The van der Waals surface area contributed by atoms with E-state index in [1.165, 1.54) is 18.2 Å². The van der Waals surface area contributed by atoms with Crippen molar-refractivity contribution in [2.75, 3.05) is 6.61 Å². The Bertz CT molecular complexity index is 535. The Morgan fingerprint density at radius 1 is 1.33 bits per heavy atom. The second-order valence-corrected chi connectivity index (χ2v) is 4.16. The fourth-order valence-corrected chi connectivity index (χ4v) is 1.48. The highest BCUT2D eigenvalue weighted by Gasteiger charge is 2.21. The van der Waals surface area contributed by atoms with Crippen LogP contribution in [0.25, 0.3) is 0 Å². The maximum Gasteiger partial charge on any atom is 0.326 e. The third kappa shape index (κ3) is 5.89. The molecule has 0 aliphatic heterocycles. The zero-order chi connectivity index (χ0) is 15.8. The fourth-order valence-electron chi connectivity index (χ4n) is 1.48. The van der Waals surface area contributed by atoms with Gasteiger partial charge < -0.3 is 20.9 Å². The maximum atomic E-state index is 13.2. The Morgan fingerprint density at radius 2 is 2.00 bits per heavy atom.